The summed E-state index contributed by atoms with van der Waals surface area (Å²) in [6, 6.07) is 5.63. The van der Waals surface area contributed by atoms with Crippen molar-refractivity contribution in [1.82, 2.24) is 5.32 Å². The van der Waals surface area contributed by atoms with Crippen molar-refractivity contribution in [2.75, 3.05) is 6.54 Å². The van der Waals surface area contributed by atoms with Crippen molar-refractivity contribution < 1.29 is 9.53 Å². The van der Waals surface area contributed by atoms with E-state index in [0.717, 1.165) is 15.4 Å². The third kappa shape index (κ3) is 5.43. The van der Waals surface area contributed by atoms with Crippen molar-refractivity contribution >= 4 is 37.8 Å². The van der Waals surface area contributed by atoms with Crippen LogP contribution < -0.4 is 10.1 Å². The van der Waals surface area contributed by atoms with Crippen LogP contribution in [-0.4, -0.2) is 18.6 Å². The number of halogens is 2. The van der Waals surface area contributed by atoms with E-state index in [1.54, 1.807) is 6.92 Å². The highest BCUT2D eigenvalue weighted by atomic mass is 79.9. The Morgan fingerprint density at radius 2 is 2.18 bits per heavy atom. The maximum absolute atomic E-state index is 12.1. The van der Waals surface area contributed by atoms with E-state index in [-0.39, 0.29) is 5.91 Å². The quantitative estimate of drug-likeness (QED) is 0.645. The SMILES string of the molecule is C[C@@H](Oc1ccc(Br)cc1Br)C(=O)NCCC1=CCCCC1. The average molecular weight is 431 g/mol. The summed E-state index contributed by atoms with van der Waals surface area (Å²) in [5, 5.41) is 2.95. The lowest BCUT2D eigenvalue weighted by atomic mass is 9.97. The average Bonchev–Trinajstić information content (AvgIpc) is 2.51. The monoisotopic (exact) mass is 429 g/mol. The summed E-state index contributed by atoms with van der Waals surface area (Å²) >= 11 is 6.83. The zero-order valence-corrected chi connectivity index (χ0v) is 15.9. The number of rotatable bonds is 6. The molecule has 0 bridgehead atoms. The van der Waals surface area contributed by atoms with Gasteiger partial charge in [0.05, 0.1) is 4.47 Å². The van der Waals surface area contributed by atoms with Crippen LogP contribution in [0.2, 0.25) is 0 Å². The minimum absolute atomic E-state index is 0.0776. The van der Waals surface area contributed by atoms with Crippen molar-refractivity contribution in [2.45, 2.75) is 45.1 Å². The molecule has 120 valence electrons. The number of carbonyl (C=O) groups excluding carboxylic acids is 1. The van der Waals surface area contributed by atoms with E-state index >= 15 is 0 Å². The molecule has 0 fully saturated rings. The molecule has 0 unspecified atom stereocenters. The number of ether oxygens (including phenoxy) is 1. The number of amides is 1. The van der Waals surface area contributed by atoms with Crippen LogP contribution in [0.5, 0.6) is 5.75 Å². The molecule has 1 aliphatic rings. The van der Waals surface area contributed by atoms with Gasteiger partial charge in [-0.1, -0.05) is 27.6 Å². The molecular weight excluding hydrogens is 410 g/mol. The van der Waals surface area contributed by atoms with Gasteiger partial charge in [-0.05, 0) is 73.2 Å². The van der Waals surface area contributed by atoms with Crippen LogP contribution in [0.1, 0.15) is 39.0 Å². The summed E-state index contributed by atoms with van der Waals surface area (Å²) in [7, 11) is 0. The predicted molar refractivity (Wildman–Crippen MR) is 96.1 cm³/mol. The highest BCUT2D eigenvalue weighted by Crippen LogP contribution is 2.29. The number of allylic oxidation sites excluding steroid dienone is 1. The van der Waals surface area contributed by atoms with E-state index in [4.69, 9.17) is 4.74 Å². The summed E-state index contributed by atoms with van der Waals surface area (Å²) < 4.78 is 7.50. The Morgan fingerprint density at radius 3 is 2.86 bits per heavy atom. The molecule has 1 aromatic carbocycles. The number of hydrogen-bond acceptors (Lipinski definition) is 2. The first-order valence-electron chi connectivity index (χ1n) is 7.63. The van der Waals surface area contributed by atoms with E-state index in [2.05, 4.69) is 43.3 Å². The van der Waals surface area contributed by atoms with Crippen LogP contribution in [0.3, 0.4) is 0 Å². The molecule has 0 spiro atoms. The largest absolute Gasteiger partial charge is 0.480 e. The Kier molecular flexibility index (Phi) is 6.96. The molecule has 1 aliphatic carbocycles. The number of carbonyl (C=O) groups is 1. The van der Waals surface area contributed by atoms with Gasteiger partial charge in [0, 0.05) is 11.0 Å². The van der Waals surface area contributed by atoms with Crippen LogP contribution in [0.15, 0.2) is 38.8 Å². The Morgan fingerprint density at radius 1 is 1.36 bits per heavy atom. The van der Waals surface area contributed by atoms with Crippen LogP contribution in [0.25, 0.3) is 0 Å². The van der Waals surface area contributed by atoms with E-state index in [0.29, 0.717) is 12.3 Å². The molecule has 0 saturated carbocycles. The molecule has 0 radical (unpaired) electrons. The second-order valence-electron chi connectivity index (χ2n) is 5.48. The zero-order chi connectivity index (χ0) is 15.9. The predicted octanol–water partition coefficient (Wildman–Crippen LogP) is 4.99. The van der Waals surface area contributed by atoms with Crippen molar-refractivity contribution in [2.24, 2.45) is 0 Å². The maximum Gasteiger partial charge on any atom is 0.260 e. The lowest BCUT2D eigenvalue weighted by Gasteiger charge is -2.17. The fourth-order valence-corrected chi connectivity index (χ4v) is 3.58. The molecular formula is C17H21Br2NO2. The van der Waals surface area contributed by atoms with Gasteiger partial charge in [-0.2, -0.15) is 0 Å². The molecule has 0 aromatic heterocycles. The molecule has 0 saturated heterocycles. The standard InChI is InChI=1S/C17H21Br2NO2/c1-12(22-16-8-7-14(18)11-15(16)19)17(21)20-10-9-13-5-3-2-4-6-13/h5,7-8,11-12H,2-4,6,9-10H2,1H3,(H,20,21)/t12-/m1/s1. The Bertz CT molecular complexity index is 558. The van der Waals surface area contributed by atoms with Crippen molar-refractivity contribution in [3.63, 3.8) is 0 Å². The van der Waals surface area contributed by atoms with Crippen LogP contribution in [0, 0.1) is 0 Å². The summed E-state index contributed by atoms with van der Waals surface area (Å²) in [4.78, 5) is 12.1. The molecule has 22 heavy (non-hydrogen) atoms. The molecule has 3 nitrogen and oxygen atoms in total. The van der Waals surface area contributed by atoms with Gasteiger partial charge in [-0.15, -0.1) is 0 Å². The molecule has 1 atom stereocenters. The van der Waals surface area contributed by atoms with E-state index in [9.17, 15) is 4.79 Å². The first kappa shape index (κ1) is 17.5. The molecule has 1 N–H and O–H groups in total. The highest BCUT2D eigenvalue weighted by Gasteiger charge is 2.16. The third-order valence-electron chi connectivity index (χ3n) is 3.70. The molecule has 0 aliphatic heterocycles. The van der Waals surface area contributed by atoms with Gasteiger partial charge in [0.2, 0.25) is 0 Å². The number of nitrogens with one attached hydrogen (secondary N) is 1. The van der Waals surface area contributed by atoms with Crippen molar-refractivity contribution in [3.8, 4) is 5.75 Å². The summed E-state index contributed by atoms with van der Waals surface area (Å²) in [6.07, 6.45) is 7.67. The van der Waals surface area contributed by atoms with Gasteiger partial charge >= 0.3 is 0 Å². The minimum atomic E-state index is -0.516. The van der Waals surface area contributed by atoms with Gasteiger partial charge in [0.1, 0.15) is 5.75 Å². The Balaban J connectivity index is 1.78. The first-order chi connectivity index (χ1) is 10.6. The lowest BCUT2D eigenvalue weighted by Crippen LogP contribution is -2.37. The normalized spacial score (nSPS) is 15.9. The Hall–Kier alpha value is -0.810. The molecule has 5 heteroatoms. The fourth-order valence-electron chi connectivity index (χ4n) is 2.44. The Labute approximate surface area is 148 Å². The minimum Gasteiger partial charge on any atom is -0.480 e. The van der Waals surface area contributed by atoms with Crippen molar-refractivity contribution in [3.05, 3.63) is 38.8 Å². The van der Waals surface area contributed by atoms with Crippen LogP contribution in [-0.2, 0) is 4.79 Å². The maximum atomic E-state index is 12.1. The van der Waals surface area contributed by atoms with E-state index in [1.165, 1.54) is 31.3 Å². The molecule has 1 amide bonds. The first-order valence-corrected chi connectivity index (χ1v) is 9.22. The number of benzene rings is 1. The summed E-state index contributed by atoms with van der Waals surface area (Å²) in [6.45, 7) is 2.45. The molecule has 1 aromatic rings. The van der Waals surface area contributed by atoms with Crippen LogP contribution in [0.4, 0.5) is 0 Å². The number of hydrogen-bond donors (Lipinski definition) is 1. The van der Waals surface area contributed by atoms with E-state index in [1.807, 2.05) is 18.2 Å². The summed E-state index contributed by atoms with van der Waals surface area (Å²) in [5.74, 6) is 0.590. The van der Waals surface area contributed by atoms with Gasteiger partial charge in [-0.25, -0.2) is 0 Å². The molecule has 2 rings (SSSR count). The fraction of sp³-hybridized carbons (Fsp3) is 0.471. The van der Waals surface area contributed by atoms with Crippen LogP contribution >= 0.6 is 31.9 Å². The van der Waals surface area contributed by atoms with Crippen molar-refractivity contribution in [1.29, 1.82) is 0 Å². The van der Waals surface area contributed by atoms with Gasteiger partial charge in [0.15, 0.2) is 6.10 Å². The van der Waals surface area contributed by atoms with Gasteiger partial charge in [-0.3, -0.25) is 4.79 Å². The summed E-state index contributed by atoms with van der Waals surface area (Å²) in [5.41, 5.74) is 1.47. The second-order valence-corrected chi connectivity index (χ2v) is 7.25. The van der Waals surface area contributed by atoms with E-state index < -0.39 is 6.10 Å². The van der Waals surface area contributed by atoms with Gasteiger partial charge < -0.3 is 10.1 Å². The topological polar surface area (TPSA) is 38.3 Å². The lowest BCUT2D eigenvalue weighted by molar-refractivity contribution is -0.127. The third-order valence-corrected chi connectivity index (χ3v) is 4.81. The zero-order valence-electron chi connectivity index (χ0n) is 12.7. The van der Waals surface area contributed by atoms with Gasteiger partial charge in [0.25, 0.3) is 5.91 Å². The second kappa shape index (κ2) is 8.73. The smallest absolute Gasteiger partial charge is 0.260 e. The highest BCUT2D eigenvalue weighted by molar-refractivity contribution is 9.11. The molecule has 0 heterocycles.